The second-order valence-corrected chi connectivity index (χ2v) is 8.22. The van der Waals surface area contributed by atoms with E-state index in [4.69, 9.17) is 21.7 Å². The van der Waals surface area contributed by atoms with Crippen LogP contribution in [0, 0.1) is 0 Å². The molecule has 200 valence electrons. The molecule has 4 atom stereocenters. The highest BCUT2D eigenvalue weighted by Gasteiger charge is 2.30. The molecule has 0 fully saturated rings. The third-order valence-corrected chi connectivity index (χ3v) is 5.29. The quantitative estimate of drug-likeness (QED) is 0.108. The standard InChI is InChI=1S/C23H35N5O8/c24-11-5-4-8-16(21(33)27-17(23(35)36)9-10-19(30)31)26-22(34)18(28-20(32)15(25)13-29)12-14-6-2-1-3-7-14/h1-3,6-7,15-18,29H,4-5,8-13,24-25H2,(H,26,34)(H,27,33)(H,28,32)(H,30,31)(H,35,36). The monoisotopic (exact) mass is 509 g/mol. The number of carbonyl (C=O) groups is 5. The van der Waals surface area contributed by atoms with Gasteiger partial charge in [-0.05, 0) is 37.8 Å². The maximum Gasteiger partial charge on any atom is 0.326 e. The van der Waals surface area contributed by atoms with E-state index in [0.29, 0.717) is 24.9 Å². The number of carboxylic acid groups (broad SMARTS) is 2. The smallest absolute Gasteiger partial charge is 0.326 e. The van der Waals surface area contributed by atoms with Crippen molar-refractivity contribution in [2.24, 2.45) is 11.5 Å². The molecule has 13 nitrogen and oxygen atoms in total. The van der Waals surface area contributed by atoms with E-state index in [1.807, 2.05) is 0 Å². The molecule has 0 saturated carbocycles. The van der Waals surface area contributed by atoms with Crippen LogP contribution in [-0.4, -0.2) is 82.3 Å². The fourth-order valence-corrected chi connectivity index (χ4v) is 3.25. The number of hydrogen-bond acceptors (Lipinski definition) is 8. The van der Waals surface area contributed by atoms with E-state index in [0.717, 1.165) is 0 Å². The van der Waals surface area contributed by atoms with Gasteiger partial charge in [-0.15, -0.1) is 0 Å². The van der Waals surface area contributed by atoms with Crippen molar-refractivity contribution in [2.75, 3.05) is 13.2 Å². The second-order valence-electron chi connectivity index (χ2n) is 8.22. The number of aliphatic hydroxyl groups excluding tert-OH is 1. The molecule has 1 aromatic carbocycles. The van der Waals surface area contributed by atoms with Crippen molar-refractivity contribution < 1.29 is 39.3 Å². The lowest BCUT2D eigenvalue weighted by atomic mass is 10.0. The number of hydrogen-bond donors (Lipinski definition) is 8. The van der Waals surface area contributed by atoms with Gasteiger partial charge in [-0.1, -0.05) is 30.3 Å². The van der Waals surface area contributed by atoms with E-state index in [9.17, 15) is 29.1 Å². The van der Waals surface area contributed by atoms with Crippen LogP contribution < -0.4 is 27.4 Å². The summed E-state index contributed by atoms with van der Waals surface area (Å²) in [5.74, 6) is -4.93. The third kappa shape index (κ3) is 11.3. The van der Waals surface area contributed by atoms with E-state index in [1.54, 1.807) is 30.3 Å². The molecular formula is C23H35N5O8. The van der Waals surface area contributed by atoms with Crippen molar-refractivity contribution in [1.82, 2.24) is 16.0 Å². The molecule has 0 aromatic heterocycles. The number of aliphatic carboxylic acids is 2. The van der Waals surface area contributed by atoms with Gasteiger partial charge < -0.3 is 42.7 Å². The van der Waals surface area contributed by atoms with Crippen molar-refractivity contribution in [1.29, 1.82) is 0 Å². The molecule has 1 aromatic rings. The normalized spacial score (nSPS) is 14.1. The fourth-order valence-electron chi connectivity index (χ4n) is 3.25. The molecule has 0 aliphatic heterocycles. The van der Waals surface area contributed by atoms with Gasteiger partial charge in [-0.2, -0.15) is 0 Å². The van der Waals surface area contributed by atoms with Gasteiger partial charge in [0.1, 0.15) is 24.2 Å². The molecule has 13 heteroatoms. The van der Waals surface area contributed by atoms with Crippen molar-refractivity contribution in [3.63, 3.8) is 0 Å². The van der Waals surface area contributed by atoms with Crippen LogP contribution >= 0.6 is 0 Å². The summed E-state index contributed by atoms with van der Waals surface area (Å²) in [5, 5.41) is 34.6. The number of amides is 3. The number of unbranched alkanes of at least 4 members (excludes halogenated alkanes) is 1. The SMILES string of the molecule is NCCCCC(NC(=O)C(Cc1ccccc1)NC(=O)C(N)CO)C(=O)NC(CCC(=O)O)C(=O)O. The summed E-state index contributed by atoms with van der Waals surface area (Å²) < 4.78 is 0. The summed E-state index contributed by atoms with van der Waals surface area (Å²) in [6, 6.07) is 3.71. The molecule has 36 heavy (non-hydrogen) atoms. The Kier molecular flexibility index (Phi) is 13.7. The van der Waals surface area contributed by atoms with Gasteiger partial charge in [-0.25, -0.2) is 4.79 Å². The van der Waals surface area contributed by atoms with E-state index >= 15 is 0 Å². The molecule has 0 heterocycles. The molecule has 1 rings (SSSR count). The highest BCUT2D eigenvalue weighted by atomic mass is 16.4. The maximum atomic E-state index is 13.1. The van der Waals surface area contributed by atoms with Crippen LogP contribution in [0.15, 0.2) is 30.3 Å². The minimum absolute atomic E-state index is 0.0596. The van der Waals surface area contributed by atoms with Gasteiger partial charge in [0.15, 0.2) is 0 Å². The first-order chi connectivity index (χ1) is 17.1. The molecule has 0 spiro atoms. The van der Waals surface area contributed by atoms with Crippen LogP contribution in [0.2, 0.25) is 0 Å². The third-order valence-electron chi connectivity index (χ3n) is 5.29. The molecule has 3 amide bonds. The van der Waals surface area contributed by atoms with Crippen LogP contribution in [0.1, 0.15) is 37.7 Å². The summed E-state index contributed by atoms with van der Waals surface area (Å²) in [5.41, 5.74) is 11.8. The number of aliphatic hydroxyl groups is 1. The highest BCUT2D eigenvalue weighted by molar-refractivity contribution is 5.94. The Morgan fingerprint density at radius 2 is 1.39 bits per heavy atom. The summed E-state index contributed by atoms with van der Waals surface area (Å²) >= 11 is 0. The maximum absolute atomic E-state index is 13.1. The average molecular weight is 510 g/mol. The van der Waals surface area contributed by atoms with Crippen molar-refractivity contribution in [2.45, 2.75) is 62.7 Å². The lowest BCUT2D eigenvalue weighted by Crippen LogP contribution is -2.58. The Bertz CT molecular complexity index is 883. The number of nitrogens with one attached hydrogen (secondary N) is 3. The Morgan fingerprint density at radius 3 is 1.94 bits per heavy atom. The predicted molar refractivity (Wildman–Crippen MR) is 128 cm³/mol. The lowest BCUT2D eigenvalue weighted by molar-refractivity contribution is -0.143. The van der Waals surface area contributed by atoms with Crippen LogP contribution in [0.4, 0.5) is 0 Å². The molecule has 0 radical (unpaired) electrons. The second kappa shape index (κ2) is 16.2. The van der Waals surface area contributed by atoms with Crippen LogP contribution in [0.3, 0.4) is 0 Å². The van der Waals surface area contributed by atoms with Gasteiger partial charge in [0.25, 0.3) is 0 Å². The number of carboxylic acids is 2. The first-order valence-electron chi connectivity index (χ1n) is 11.5. The Balaban J connectivity index is 3.06. The molecule has 10 N–H and O–H groups in total. The topological polar surface area (TPSA) is 234 Å². The van der Waals surface area contributed by atoms with Crippen molar-refractivity contribution >= 4 is 29.7 Å². The van der Waals surface area contributed by atoms with Crippen LogP contribution in [0.25, 0.3) is 0 Å². The molecule has 0 aliphatic rings. The first kappa shape index (κ1) is 30.5. The average Bonchev–Trinajstić information content (AvgIpc) is 2.85. The number of nitrogens with two attached hydrogens (primary N) is 2. The Morgan fingerprint density at radius 1 is 0.806 bits per heavy atom. The minimum Gasteiger partial charge on any atom is -0.481 e. The summed E-state index contributed by atoms with van der Waals surface area (Å²) in [7, 11) is 0. The Hall–Kier alpha value is -3.55. The number of benzene rings is 1. The zero-order chi connectivity index (χ0) is 27.1. The first-order valence-corrected chi connectivity index (χ1v) is 11.5. The number of rotatable bonds is 17. The zero-order valence-electron chi connectivity index (χ0n) is 19.9. The molecule has 0 saturated heterocycles. The van der Waals surface area contributed by atoms with Gasteiger partial charge in [0, 0.05) is 12.8 Å². The van der Waals surface area contributed by atoms with Gasteiger partial charge >= 0.3 is 11.9 Å². The van der Waals surface area contributed by atoms with E-state index in [1.165, 1.54) is 0 Å². The lowest BCUT2D eigenvalue weighted by Gasteiger charge is -2.25. The van der Waals surface area contributed by atoms with Gasteiger partial charge in [0.05, 0.1) is 6.61 Å². The van der Waals surface area contributed by atoms with Crippen LogP contribution in [0.5, 0.6) is 0 Å². The van der Waals surface area contributed by atoms with E-state index in [-0.39, 0.29) is 19.3 Å². The fraction of sp³-hybridized carbons (Fsp3) is 0.522. The summed E-state index contributed by atoms with van der Waals surface area (Å²) in [4.78, 5) is 60.6. The summed E-state index contributed by atoms with van der Waals surface area (Å²) in [6.45, 7) is -0.299. The molecule has 4 unspecified atom stereocenters. The minimum atomic E-state index is -1.47. The zero-order valence-corrected chi connectivity index (χ0v) is 19.9. The van der Waals surface area contributed by atoms with Crippen LogP contribution in [-0.2, 0) is 30.4 Å². The summed E-state index contributed by atoms with van der Waals surface area (Å²) in [6.07, 6.45) is 0.346. The van der Waals surface area contributed by atoms with E-state index < -0.39 is 66.9 Å². The molecule has 0 aliphatic carbocycles. The highest BCUT2D eigenvalue weighted by Crippen LogP contribution is 2.08. The Labute approximate surface area is 208 Å². The predicted octanol–water partition coefficient (Wildman–Crippen LogP) is -1.92. The largest absolute Gasteiger partial charge is 0.481 e. The molecular weight excluding hydrogens is 474 g/mol. The molecule has 0 bridgehead atoms. The van der Waals surface area contributed by atoms with E-state index in [2.05, 4.69) is 16.0 Å². The van der Waals surface area contributed by atoms with Crippen molar-refractivity contribution in [3.05, 3.63) is 35.9 Å². The van der Waals surface area contributed by atoms with Gasteiger partial charge in [0.2, 0.25) is 17.7 Å². The van der Waals surface area contributed by atoms with Crippen molar-refractivity contribution in [3.8, 4) is 0 Å². The number of carbonyl (C=O) groups excluding carboxylic acids is 3. The van der Waals surface area contributed by atoms with Gasteiger partial charge in [-0.3, -0.25) is 19.2 Å².